The van der Waals surface area contributed by atoms with Gasteiger partial charge in [-0.1, -0.05) is 48.5 Å². The van der Waals surface area contributed by atoms with Crippen LogP contribution in [-0.2, 0) is 63.1 Å². The second-order valence-corrected chi connectivity index (χ2v) is 38.5. The van der Waals surface area contributed by atoms with E-state index in [1.807, 2.05) is 5.43 Å². The normalized spacial score (nSPS) is 12.5. The number of hydrogen-bond donors (Lipinski definition) is 9. The van der Waals surface area contributed by atoms with Gasteiger partial charge in [0.25, 0.3) is 35.3 Å². The molecule has 12 rings (SSSR count). The number of amides is 2. The lowest BCUT2D eigenvalue weighted by Gasteiger charge is -2.10. The molecule has 666 valence electrons. The van der Waals surface area contributed by atoms with Crippen LogP contribution < -0.4 is 50.6 Å². The van der Waals surface area contributed by atoms with Crippen LogP contribution >= 0.6 is 15.9 Å². The number of nitrogens with zero attached hydrogens (tertiary/aromatic N) is 14. The zero-order valence-electron chi connectivity index (χ0n) is 69.4. The van der Waals surface area contributed by atoms with Gasteiger partial charge >= 0.3 is 23.8 Å². The molecule has 48 heteroatoms. The highest BCUT2D eigenvalue weighted by molar-refractivity contribution is 9.10. The zero-order chi connectivity index (χ0) is 92.9. The van der Waals surface area contributed by atoms with Gasteiger partial charge in [0.1, 0.15) is 4.60 Å². The lowest BCUT2D eigenvalue weighted by atomic mass is 10.0. The Morgan fingerprint density at radius 2 is 0.825 bits per heavy atom. The number of hydrogen-bond acceptors (Lipinski definition) is 41. The minimum absolute atomic E-state index is 0.00347. The number of halogens is 1. The third kappa shape index (κ3) is 24.7. The summed E-state index contributed by atoms with van der Waals surface area (Å²) in [5.41, 5.74) is 34.3. The summed E-state index contributed by atoms with van der Waals surface area (Å²) >= 11 is 3.06. The first-order chi connectivity index (χ1) is 59.5. The summed E-state index contributed by atoms with van der Waals surface area (Å²) in [5.74, 6) is -0.194. The number of nitrogens with two attached hydrogens (primary N) is 6. The summed E-state index contributed by atoms with van der Waals surface area (Å²) in [7, 11) is -12.3. The molecule has 4 aromatic carbocycles. The van der Waals surface area contributed by atoms with Gasteiger partial charge in [-0.15, -0.1) is 20.4 Å². The fourth-order valence-corrected chi connectivity index (χ4v) is 15.2. The standard InChI is InChI=1S/C21H24N6O4S.C19H22N4O6S.C18H19N5O5S.C14H17N5O3S.C6H6BrN3O2/c1-12(2)32(29,30)15-5-3-14(4-6-15)16-11-24-19(22)18(25-16)21-27-26-20(31-21)17(28)9-13-7-8-23-10-13;1-4-29-19(26)15(24)10-22-18(25)16-17(20)21-9-14(23-16)12-5-7-13(8-6-12)30(27,28)11(2)3;1-4-27-18(24)17-23-22-16(28-17)14-15(19)20-9-13(21-14)11-5-7-12(8-6-11)29(25,26)10(2)3;1-8(2)23(21,22)10-5-3-9(4-6-10)11-7-17-13(15)12(18-11)14(20)19-16;1-12-6(11)4-5(8)9-2-3(7)10-4/h3-6,11-13,23H,7-10H2,1-2H3,(H2,22,24);5-9,11H,4,10H2,1-3H3,(H2,20,21)(H,22,25);5-10H,4H2,1-3H3,(H2,19,20);3-8H,16H2,1-2H3,(H2,15,17)(H,19,20);2H,1H3,(H2,8,9). The Morgan fingerprint density at radius 1 is 0.468 bits per heavy atom. The van der Waals surface area contributed by atoms with E-state index in [1.54, 1.807) is 118 Å². The smallest absolute Gasteiger partial charge is 0.396 e. The Kier molecular flexibility index (Phi) is 33.5. The maximum Gasteiger partial charge on any atom is 0.396 e. The summed E-state index contributed by atoms with van der Waals surface area (Å²) in [6, 6.07) is 24.8. The average Bonchev–Trinajstić information content (AvgIpc) is 1.63. The molecule has 0 spiro atoms. The molecule has 1 aliphatic heterocycles. The number of anilines is 5. The highest BCUT2D eigenvalue weighted by atomic mass is 79.9. The van der Waals surface area contributed by atoms with Crippen molar-refractivity contribution in [2.75, 3.05) is 68.6 Å². The minimum Gasteiger partial charge on any atom is -0.464 e. The molecule has 15 N–H and O–H groups in total. The summed E-state index contributed by atoms with van der Waals surface area (Å²) in [6.45, 7) is 17.4. The third-order valence-corrected chi connectivity index (χ3v) is 26.9. The van der Waals surface area contributed by atoms with Crippen LogP contribution in [-0.4, -0.2) is 206 Å². The van der Waals surface area contributed by atoms with Gasteiger partial charge in [0, 0.05) is 28.7 Å². The van der Waals surface area contributed by atoms with Crippen molar-refractivity contribution in [1.82, 2.24) is 86.3 Å². The van der Waals surface area contributed by atoms with E-state index < -0.39 is 102 Å². The Labute approximate surface area is 730 Å². The molecule has 7 aromatic heterocycles. The number of rotatable bonds is 26. The molecule has 1 atom stereocenters. The first-order valence-electron chi connectivity index (χ1n) is 37.8. The first kappa shape index (κ1) is 97.9. The molecular formula is C78H88BrN23O20S4. The van der Waals surface area contributed by atoms with Crippen molar-refractivity contribution in [1.29, 1.82) is 0 Å². The number of aromatic nitrogens is 14. The van der Waals surface area contributed by atoms with Crippen molar-refractivity contribution in [3.63, 3.8) is 0 Å². The number of ketones is 2. The van der Waals surface area contributed by atoms with Crippen molar-refractivity contribution < 1.29 is 90.3 Å². The molecule has 0 saturated carbocycles. The van der Waals surface area contributed by atoms with Crippen LogP contribution in [0.2, 0.25) is 0 Å². The number of hydrazine groups is 1. The van der Waals surface area contributed by atoms with Gasteiger partial charge < -0.3 is 62.3 Å². The van der Waals surface area contributed by atoms with Crippen LogP contribution in [0.3, 0.4) is 0 Å². The molecular weight excluding hydrogens is 1790 g/mol. The van der Waals surface area contributed by atoms with E-state index in [-0.39, 0.29) is 131 Å². The van der Waals surface area contributed by atoms with Gasteiger partial charge in [0.05, 0.1) is 121 Å². The molecule has 0 aliphatic carbocycles. The minimum atomic E-state index is -3.42. The predicted molar refractivity (Wildman–Crippen MR) is 460 cm³/mol. The van der Waals surface area contributed by atoms with E-state index in [1.165, 1.54) is 86.6 Å². The maximum atomic E-state index is 12.4. The molecule has 1 aliphatic rings. The Bertz CT molecular complexity index is 6290. The molecule has 8 heterocycles. The number of sulfone groups is 4. The zero-order valence-corrected chi connectivity index (χ0v) is 74.2. The van der Waals surface area contributed by atoms with Crippen LogP contribution in [0.5, 0.6) is 0 Å². The fraction of sp³-hybridized carbons (Fsp3) is 0.295. The Hall–Kier alpha value is -13.6. The summed E-state index contributed by atoms with van der Waals surface area (Å²) in [4.78, 5) is 123. The molecule has 0 bridgehead atoms. The molecule has 0 radical (unpaired) electrons. The molecule has 1 fully saturated rings. The van der Waals surface area contributed by atoms with Gasteiger partial charge in [0.15, 0.2) is 96.9 Å². The van der Waals surface area contributed by atoms with Crippen molar-refractivity contribution in [3.8, 4) is 68.2 Å². The highest BCUT2D eigenvalue weighted by Gasteiger charge is 2.29. The van der Waals surface area contributed by atoms with Gasteiger partial charge in [-0.3, -0.25) is 24.6 Å². The molecule has 11 aromatic rings. The SMILES string of the molecule is CC(C)S(=O)(=O)c1ccc(-c2cnc(N)c(-c3nnc(C(=O)CC4CCNC4)o3)n2)cc1.CC(C)S(=O)(=O)c1ccc(-c2cnc(N)c(C(=O)NN)n2)cc1.CCOC(=O)C(=O)CNC(=O)c1nc(-c2ccc(S(=O)(=O)C(C)C)cc2)cnc1N.CCOC(=O)c1nnc(-c2nc(-c3ccc(S(=O)(=O)C(C)C)cc3)cnc2N)o1.COC(=O)c1nc(Br)cnc1N. The number of benzene rings is 4. The van der Waals surface area contributed by atoms with Crippen LogP contribution in [0.4, 0.5) is 29.1 Å². The van der Waals surface area contributed by atoms with Crippen LogP contribution in [0.25, 0.3) is 68.2 Å². The Morgan fingerprint density at radius 3 is 1.19 bits per heavy atom. The van der Waals surface area contributed by atoms with Crippen molar-refractivity contribution >= 4 is 126 Å². The number of nitrogen functional groups attached to an aromatic ring is 6. The lowest BCUT2D eigenvalue weighted by Crippen LogP contribution is -2.35. The number of carbonyl (C=O) groups excluding carboxylic acids is 7. The lowest BCUT2D eigenvalue weighted by molar-refractivity contribution is -0.153. The average molecular weight is 1880 g/mol. The van der Waals surface area contributed by atoms with Crippen LogP contribution in [0.1, 0.15) is 135 Å². The van der Waals surface area contributed by atoms with E-state index in [0.29, 0.717) is 50.4 Å². The fourth-order valence-electron chi connectivity index (χ4n) is 10.6. The van der Waals surface area contributed by atoms with Gasteiger partial charge in [-0.05, 0) is 159 Å². The quantitative estimate of drug-likeness (QED) is 0.00557. The molecule has 2 amide bonds. The van der Waals surface area contributed by atoms with Gasteiger partial charge in [-0.25, -0.2) is 104 Å². The van der Waals surface area contributed by atoms with E-state index in [9.17, 15) is 67.2 Å². The largest absolute Gasteiger partial charge is 0.464 e. The predicted octanol–water partition coefficient (Wildman–Crippen LogP) is 6.16. The van der Waals surface area contributed by atoms with E-state index in [0.717, 1.165) is 19.5 Å². The third-order valence-electron chi connectivity index (χ3n) is 17.8. The van der Waals surface area contributed by atoms with Crippen LogP contribution in [0, 0.1) is 5.92 Å². The second-order valence-electron chi connectivity index (χ2n) is 27.7. The summed E-state index contributed by atoms with van der Waals surface area (Å²) < 4.78 is 123. The van der Waals surface area contributed by atoms with E-state index >= 15 is 0 Å². The number of methoxy groups -OCH3 is 1. The van der Waals surface area contributed by atoms with Crippen LogP contribution in [0.15, 0.2) is 161 Å². The van der Waals surface area contributed by atoms with Gasteiger partial charge in [-0.2, -0.15) is 0 Å². The van der Waals surface area contributed by atoms with Gasteiger partial charge in [0.2, 0.25) is 5.78 Å². The number of carbonyl (C=O) groups is 7. The second kappa shape index (κ2) is 43.2. The number of nitrogens with one attached hydrogen (secondary N) is 3. The summed E-state index contributed by atoms with van der Waals surface area (Å²) in [6.07, 6.45) is 8.32. The Balaban J connectivity index is 0.000000200. The highest BCUT2D eigenvalue weighted by Crippen LogP contribution is 2.32. The number of ether oxygens (including phenoxy) is 3. The van der Waals surface area contributed by atoms with Crippen molar-refractivity contribution in [3.05, 3.63) is 162 Å². The van der Waals surface area contributed by atoms with Crippen molar-refractivity contribution in [2.24, 2.45) is 11.8 Å². The van der Waals surface area contributed by atoms with Crippen molar-refractivity contribution in [2.45, 2.75) is 123 Å². The number of Topliss-reactive ketones (excluding diaryl/α,β-unsaturated/α-hetero) is 2. The topological polar surface area (TPSA) is 683 Å². The molecule has 43 nitrogen and oxygen atoms in total. The first-order valence-corrected chi connectivity index (χ1v) is 44.8. The monoisotopic (exact) mass is 1870 g/mol. The summed E-state index contributed by atoms with van der Waals surface area (Å²) in [5, 5.41) is 18.5. The molecule has 1 unspecified atom stereocenters. The van der Waals surface area contributed by atoms with E-state index in [2.05, 4.69) is 106 Å². The van der Waals surface area contributed by atoms with E-state index in [4.69, 9.17) is 48.1 Å². The number of esters is 3. The molecule has 126 heavy (non-hydrogen) atoms. The maximum absolute atomic E-state index is 12.4. The molecule has 1 saturated heterocycles.